The number of fused-ring (bicyclic) bond motifs is 1. The first kappa shape index (κ1) is 16.1. The van der Waals surface area contributed by atoms with Crippen LogP contribution in [0.1, 0.15) is 11.3 Å². The van der Waals surface area contributed by atoms with Crippen LogP contribution in [0.15, 0.2) is 67.0 Å². The molecule has 0 unspecified atom stereocenters. The van der Waals surface area contributed by atoms with E-state index < -0.39 is 0 Å². The van der Waals surface area contributed by atoms with E-state index in [4.69, 9.17) is 0 Å². The smallest absolute Gasteiger partial charge is 0.223 e. The van der Waals surface area contributed by atoms with Gasteiger partial charge in [0, 0.05) is 30.0 Å². The Balaban J connectivity index is 1.60. The molecule has 128 valence electrons. The van der Waals surface area contributed by atoms with Gasteiger partial charge in [0.1, 0.15) is 5.82 Å². The topological polar surface area (TPSA) is 50.7 Å². The maximum Gasteiger partial charge on any atom is 0.223 e. The molecule has 4 rings (SSSR count). The first-order chi connectivity index (χ1) is 12.7. The van der Waals surface area contributed by atoms with E-state index in [-0.39, 0.29) is 5.82 Å². The zero-order valence-electron chi connectivity index (χ0n) is 14.3. The quantitative estimate of drug-likeness (QED) is 0.580. The highest BCUT2D eigenvalue weighted by atomic mass is 19.1. The Morgan fingerprint density at radius 3 is 2.54 bits per heavy atom. The first-order valence-electron chi connectivity index (χ1n) is 8.35. The molecule has 0 aliphatic heterocycles. The lowest BCUT2D eigenvalue weighted by molar-refractivity contribution is 0.627. The lowest BCUT2D eigenvalue weighted by Crippen LogP contribution is -2.03. The molecule has 2 aromatic carbocycles. The zero-order chi connectivity index (χ0) is 17.9. The summed E-state index contributed by atoms with van der Waals surface area (Å²) in [6.07, 6.45) is 3.61. The molecular formula is C21H17FN4. The SMILES string of the molecule is Cc1cc(-c2ccc3cnc(NCc4ccc(F)cc4)nc3c2)ccn1. The molecule has 0 atom stereocenters. The van der Waals surface area contributed by atoms with E-state index in [1.807, 2.05) is 25.3 Å². The fraction of sp³-hybridized carbons (Fsp3) is 0.0952. The Morgan fingerprint density at radius 1 is 0.923 bits per heavy atom. The van der Waals surface area contributed by atoms with Gasteiger partial charge in [-0.3, -0.25) is 4.98 Å². The molecule has 5 heteroatoms. The Morgan fingerprint density at radius 2 is 1.73 bits per heavy atom. The van der Waals surface area contributed by atoms with Crippen LogP contribution in [0.25, 0.3) is 22.0 Å². The molecule has 0 radical (unpaired) electrons. The number of hydrogen-bond donors (Lipinski definition) is 1. The minimum Gasteiger partial charge on any atom is -0.350 e. The predicted octanol–water partition coefficient (Wildman–Crippen LogP) is 4.75. The van der Waals surface area contributed by atoms with Crippen molar-refractivity contribution in [1.29, 1.82) is 0 Å². The molecule has 4 nitrogen and oxygen atoms in total. The average Bonchev–Trinajstić information content (AvgIpc) is 2.67. The number of nitrogens with one attached hydrogen (secondary N) is 1. The number of anilines is 1. The third-order valence-corrected chi connectivity index (χ3v) is 4.18. The molecule has 1 N–H and O–H groups in total. The van der Waals surface area contributed by atoms with Crippen LogP contribution in [0.4, 0.5) is 10.3 Å². The molecule has 2 heterocycles. The number of aryl methyl sites for hydroxylation is 1. The lowest BCUT2D eigenvalue weighted by atomic mass is 10.0. The monoisotopic (exact) mass is 344 g/mol. The average molecular weight is 344 g/mol. The van der Waals surface area contributed by atoms with Gasteiger partial charge in [0.05, 0.1) is 5.52 Å². The molecule has 0 bridgehead atoms. The third-order valence-electron chi connectivity index (χ3n) is 4.18. The molecule has 4 aromatic rings. The highest BCUT2D eigenvalue weighted by molar-refractivity contribution is 5.84. The van der Waals surface area contributed by atoms with Crippen molar-refractivity contribution in [2.24, 2.45) is 0 Å². The summed E-state index contributed by atoms with van der Waals surface area (Å²) in [6, 6.07) is 16.5. The molecule has 0 fully saturated rings. The van der Waals surface area contributed by atoms with E-state index in [1.54, 1.807) is 18.3 Å². The summed E-state index contributed by atoms with van der Waals surface area (Å²) >= 11 is 0. The van der Waals surface area contributed by atoms with Gasteiger partial charge in [-0.25, -0.2) is 14.4 Å². The molecule has 0 spiro atoms. The molecule has 2 aromatic heterocycles. The number of rotatable bonds is 4. The molecular weight excluding hydrogens is 327 g/mol. The number of nitrogens with zero attached hydrogens (tertiary/aromatic N) is 3. The van der Waals surface area contributed by atoms with Crippen molar-refractivity contribution in [2.75, 3.05) is 5.32 Å². The Labute approximate surface area is 150 Å². The van der Waals surface area contributed by atoms with Gasteiger partial charge in [-0.2, -0.15) is 0 Å². The number of aromatic nitrogens is 3. The number of hydrogen-bond acceptors (Lipinski definition) is 4. The summed E-state index contributed by atoms with van der Waals surface area (Å²) in [5.41, 5.74) is 5.02. The second-order valence-electron chi connectivity index (χ2n) is 6.13. The van der Waals surface area contributed by atoms with Gasteiger partial charge in [0.25, 0.3) is 0 Å². The standard InChI is InChI=1S/C21H17FN4/c1-14-10-17(8-9-23-14)16-4-5-18-13-25-21(26-20(18)11-16)24-12-15-2-6-19(22)7-3-15/h2-11,13H,12H2,1H3,(H,24,25,26). The van der Waals surface area contributed by atoms with Gasteiger partial charge in [0.15, 0.2) is 0 Å². The third kappa shape index (κ3) is 3.52. The fourth-order valence-electron chi connectivity index (χ4n) is 2.80. The highest BCUT2D eigenvalue weighted by Crippen LogP contribution is 2.24. The van der Waals surface area contributed by atoms with Crippen LogP contribution in [0.2, 0.25) is 0 Å². The Bertz CT molecular complexity index is 1060. The number of halogens is 1. The molecule has 26 heavy (non-hydrogen) atoms. The molecule has 0 aliphatic carbocycles. The van der Waals surface area contributed by atoms with Crippen molar-refractivity contribution in [2.45, 2.75) is 13.5 Å². The van der Waals surface area contributed by atoms with Crippen molar-refractivity contribution in [1.82, 2.24) is 15.0 Å². The molecule has 0 aliphatic rings. The van der Waals surface area contributed by atoms with E-state index in [0.717, 1.165) is 33.3 Å². The van der Waals surface area contributed by atoms with Crippen LogP contribution in [0, 0.1) is 12.7 Å². The van der Waals surface area contributed by atoms with E-state index in [1.165, 1.54) is 12.1 Å². The molecule has 0 saturated carbocycles. The Hall–Kier alpha value is -3.34. The summed E-state index contributed by atoms with van der Waals surface area (Å²) in [5, 5.41) is 4.16. The van der Waals surface area contributed by atoms with Crippen molar-refractivity contribution in [3.8, 4) is 11.1 Å². The van der Waals surface area contributed by atoms with E-state index in [9.17, 15) is 4.39 Å². The van der Waals surface area contributed by atoms with E-state index >= 15 is 0 Å². The second-order valence-corrected chi connectivity index (χ2v) is 6.13. The number of benzene rings is 2. The minimum absolute atomic E-state index is 0.241. The lowest BCUT2D eigenvalue weighted by Gasteiger charge is -2.08. The summed E-state index contributed by atoms with van der Waals surface area (Å²) in [7, 11) is 0. The van der Waals surface area contributed by atoms with Crippen molar-refractivity contribution in [3.63, 3.8) is 0 Å². The Kier molecular flexibility index (Phi) is 4.27. The summed E-state index contributed by atoms with van der Waals surface area (Å²) in [4.78, 5) is 13.2. The maximum atomic E-state index is 13.0. The fourth-order valence-corrected chi connectivity index (χ4v) is 2.80. The van der Waals surface area contributed by atoms with Gasteiger partial charge in [-0.15, -0.1) is 0 Å². The van der Waals surface area contributed by atoms with Crippen LogP contribution in [0.5, 0.6) is 0 Å². The zero-order valence-corrected chi connectivity index (χ0v) is 14.3. The normalized spacial score (nSPS) is 10.8. The summed E-state index contributed by atoms with van der Waals surface area (Å²) in [5.74, 6) is 0.305. The van der Waals surface area contributed by atoms with Crippen molar-refractivity contribution < 1.29 is 4.39 Å². The maximum absolute atomic E-state index is 13.0. The van der Waals surface area contributed by atoms with E-state index in [2.05, 4.69) is 38.5 Å². The number of pyridine rings is 1. The second kappa shape index (κ2) is 6.88. The van der Waals surface area contributed by atoms with Crippen molar-refractivity contribution >= 4 is 16.9 Å². The first-order valence-corrected chi connectivity index (χ1v) is 8.35. The van der Waals surface area contributed by atoms with Crippen LogP contribution in [0.3, 0.4) is 0 Å². The van der Waals surface area contributed by atoms with Gasteiger partial charge < -0.3 is 5.32 Å². The van der Waals surface area contributed by atoms with Gasteiger partial charge >= 0.3 is 0 Å². The van der Waals surface area contributed by atoms with Crippen LogP contribution in [-0.2, 0) is 6.54 Å². The van der Waals surface area contributed by atoms with Crippen LogP contribution < -0.4 is 5.32 Å². The predicted molar refractivity (Wildman–Crippen MR) is 101 cm³/mol. The van der Waals surface area contributed by atoms with Crippen LogP contribution in [-0.4, -0.2) is 15.0 Å². The van der Waals surface area contributed by atoms with Crippen molar-refractivity contribution in [3.05, 3.63) is 84.1 Å². The van der Waals surface area contributed by atoms with Gasteiger partial charge in [-0.05, 0) is 53.9 Å². The van der Waals surface area contributed by atoms with E-state index in [0.29, 0.717) is 12.5 Å². The summed E-state index contributed by atoms with van der Waals surface area (Å²) in [6.45, 7) is 2.51. The molecule has 0 amide bonds. The highest BCUT2D eigenvalue weighted by Gasteiger charge is 2.04. The summed E-state index contributed by atoms with van der Waals surface area (Å²) < 4.78 is 13.0. The molecule has 0 saturated heterocycles. The minimum atomic E-state index is -0.241. The van der Waals surface area contributed by atoms with Gasteiger partial charge in [0.2, 0.25) is 5.95 Å². The van der Waals surface area contributed by atoms with Crippen LogP contribution >= 0.6 is 0 Å². The van der Waals surface area contributed by atoms with Gasteiger partial charge in [-0.1, -0.05) is 24.3 Å². The largest absolute Gasteiger partial charge is 0.350 e.